The predicted octanol–water partition coefficient (Wildman–Crippen LogP) is 4.86. The van der Waals surface area contributed by atoms with Crippen LogP contribution < -0.4 is 10.2 Å². The van der Waals surface area contributed by atoms with Crippen molar-refractivity contribution in [3.05, 3.63) is 54.1 Å². The first kappa shape index (κ1) is 25.6. The highest BCUT2D eigenvalue weighted by atomic mass is 16.5. The Morgan fingerprint density at radius 2 is 1.81 bits per heavy atom. The minimum atomic E-state index is -0.282. The van der Waals surface area contributed by atoms with Gasteiger partial charge < -0.3 is 19.9 Å². The molecule has 0 radical (unpaired) electrons. The smallest absolute Gasteiger partial charge is 0.407 e. The molecule has 0 spiro atoms. The van der Waals surface area contributed by atoms with Crippen LogP contribution in [0.15, 0.2) is 48.5 Å². The average Bonchev–Trinajstić information content (AvgIpc) is 3.33. The van der Waals surface area contributed by atoms with Crippen LogP contribution in [-0.2, 0) is 4.74 Å². The number of anilines is 1. The number of aryl methyl sites for hydroxylation is 1. The molecule has 2 aliphatic heterocycles. The number of nitrogens with one attached hydrogen (secondary N) is 2. The number of piperazine rings is 1. The number of rotatable bonds is 7. The van der Waals surface area contributed by atoms with E-state index >= 15 is 0 Å². The van der Waals surface area contributed by atoms with Gasteiger partial charge in [0.1, 0.15) is 6.61 Å². The van der Waals surface area contributed by atoms with Gasteiger partial charge in [-0.05, 0) is 69.5 Å². The third-order valence-electron chi connectivity index (χ3n) is 7.89. The molecule has 0 saturated carbocycles. The highest BCUT2D eigenvalue weighted by Gasteiger charge is 2.23. The highest BCUT2D eigenvalue weighted by Crippen LogP contribution is 2.29. The van der Waals surface area contributed by atoms with E-state index in [0.29, 0.717) is 12.6 Å². The lowest BCUT2D eigenvalue weighted by Gasteiger charge is -2.36. The summed E-state index contributed by atoms with van der Waals surface area (Å²) in [7, 11) is 0. The van der Waals surface area contributed by atoms with E-state index < -0.39 is 0 Å². The van der Waals surface area contributed by atoms with Gasteiger partial charge in [-0.25, -0.2) is 4.79 Å². The first-order valence-corrected chi connectivity index (χ1v) is 13.8. The number of carbonyl (C=O) groups is 1. The van der Waals surface area contributed by atoms with E-state index in [-0.39, 0.29) is 12.1 Å². The van der Waals surface area contributed by atoms with Crippen molar-refractivity contribution in [3.8, 4) is 11.3 Å². The van der Waals surface area contributed by atoms with Gasteiger partial charge in [-0.2, -0.15) is 0 Å². The standard InChI is InChI=1S/C30H41N5O2/c1-22(2)34-15-13-33(14-16-34)17-18-37-30(36)31-26-9-11-35(12-10-26)27-6-4-5-24(20-27)29-21-25-19-23(3)7-8-28(25)32-29/h4-8,19-22,26,32H,9-18H2,1-3H3,(H,31,36). The molecule has 0 bridgehead atoms. The third kappa shape index (κ3) is 6.46. The molecule has 2 aliphatic rings. The second kappa shape index (κ2) is 11.6. The zero-order valence-corrected chi connectivity index (χ0v) is 22.5. The van der Waals surface area contributed by atoms with Gasteiger partial charge in [-0.3, -0.25) is 9.80 Å². The molecule has 5 rings (SSSR count). The minimum absolute atomic E-state index is 0.165. The number of carbonyl (C=O) groups excluding carboxylic acids is 1. The van der Waals surface area contributed by atoms with Gasteiger partial charge in [0.2, 0.25) is 0 Å². The molecule has 0 unspecified atom stereocenters. The summed E-state index contributed by atoms with van der Waals surface area (Å²) in [5.74, 6) is 0. The molecule has 3 aromatic rings. The van der Waals surface area contributed by atoms with E-state index in [1.165, 1.54) is 27.7 Å². The first-order chi connectivity index (χ1) is 17.9. The van der Waals surface area contributed by atoms with E-state index in [4.69, 9.17) is 4.74 Å². The van der Waals surface area contributed by atoms with Crippen LogP contribution in [0.25, 0.3) is 22.2 Å². The van der Waals surface area contributed by atoms with Crippen molar-refractivity contribution in [2.75, 3.05) is 57.3 Å². The van der Waals surface area contributed by atoms with E-state index in [1.54, 1.807) is 0 Å². The number of H-pyrrole nitrogens is 1. The van der Waals surface area contributed by atoms with Crippen molar-refractivity contribution in [3.63, 3.8) is 0 Å². The van der Waals surface area contributed by atoms with Gasteiger partial charge in [-0.15, -0.1) is 0 Å². The summed E-state index contributed by atoms with van der Waals surface area (Å²) in [6.45, 7) is 14.0. The molecule has 2 aromatic carbocycles. The van der Waals surface area contributed by atoms with Gasteiger partial charge >= 0.3 is 6.09 Å². The van der Waals surface area contributed by atoms with Crippen LogP contribution in [0.5, 0.6) is 0 Å². The number of nitrogens with zero attached hydrogens (tertiary/aromatic N) is 3. The van der Waals surface area contributed by atoms with Gasteiger partial charge in [0.05, 0.1) is 0 Å². The van der Waals surface area contributed by atoms with Crippen molar-refractivity contribution in [2.24, 2.45) is 0 Å². The molecule has 2 N–H and O–H groups in total. The zero-order valence-electron chi connectivity index (χ0n) is 22.5. The molecule has 2 saturated heterocycles. The van der Waals surface area contributed by atoms with Crippen molar-refractivity contribution in [1.82, 2.24) is 20.1 Å². The summed E-state index contributed by atoms with van der Waals surface area (Å²) in [6.07, 6.45) is 1.56. The maximum Gasteiger partial charge on any atom is 0.407 e. The lowest BCUT2D eigenvalue weighted by Crippen LogP contribution is -2.49. The predicted molar refractivity (Wildman–Crippen MR) is 151 cm³/mol. The summed E-state index contributed by atoms with van der Waals surface area (Å²) in [6, 6.07) is 18.2. The topological polar surface area (TPSA) is 63.8 Å². The Morgan fingerprint density at radius 1 is 1.03 bits per heavy atom. The molecular formula is C30H41N5O2. The van der Waals surface area contributed by atoms with Gasteiger partial charge in [0.15, 0.2) is 0 Å². The van der Waals surface area contributed by atoms with Crippen LogP contribution in [0, 0.1) is 6.92 Å². The number of fused-ring (bicyclic) bond motifs is 1. The first-order valence-electron chi connectivity index (χ1n) is 13.8. The number of benzene rings is 2. The SMILES string of the molecule is Cc1ccc2[nH]c(-c3cccc(N4CCC(NC(=O)OCCN5CCN(C(C)C)CC5)CC4)c3)cc2c1. The number of aromatic nitrogens is 1. The summed E-state index contributed by atoms with van der Waals surface area (Å²) in [4.78, 5) is 23.2. The van der Waals surface area contributed by atoms with E-state index in [2.05, 4.69) is 94.3 Å². The quantitative estimate of drug-likeness (QED) is 0.482. The van der Waals surface area contributed by atoms with Crippen LogP contribution in [0.4, 0.5) is 10.5 Å². The van der Waals surface area contributed by atoms with Crippen LogP contribution in [0.3, 0.4) is 0 Å². The highest BCUT2D eigenvalue weighted by molar-refractivity contribution is 5.86. The molecule has 1 amide bonds. The van der Waals surface area contributed by atoms with Crippen LogP contribution >= 0.6 is 0 Å². The van der Waals surface area contributed by atoms with E-state index in [9.17, 15) is 4.79 Å². The van der Waals surface area contributed by atoms with E-state index in [1.807, 2.05) is 0 Å². The van der Waals surface area contributed by atoms with Crippen LogP contribution in [-0.4, -0.2) is 85.4 Å². The molecular weight excluding hydrogens is 462 g/mol. The second-order valence-corrected chi connectivity index (χ2v) is 10.8. The molecule has 3 heterocycles. The Hall–Kier alpha value is -3.03. The number of ether oxygens (including phenoxy) is 1. The summed E-state index contributed by atoms with van der Waals surface area (Å²) >= 11 is 0. The Morgan fingerprint density at radius 3 is 2.57 bits per heavy atom. The molecule has 0 aliphatic carbocycles. The Kier molecular flexibility index (Phi) is 8.01. The number of hydrogen-bond acceptors (Lipinski definition) is 5. The van der Waals surface area contributed by atoms with Crippen molar-refractivity contribution in [1.29, 1.82) is 0 Å². The van der Waals surface area contributed by atoms with Crippen molar-refractivity contribution in [2.45, 2.75) is 45.7 Å². The Bertz CT molecular complexity index is 1190. The lowest BCUT2D eigenvalue weighted by atomic mass is 10.0. The largest absolute Gasteiger partial charge is 0.448 e. The number of hydrogen-bond donors (Lipinski definition) is 2. The summed E-state index contributed by atoms with van der Waals surface area (Å²) in [5, 5.41) is 4.33. The molecule has 0 atom stereocenters. The average molecular weight is 504 g/mol. The fourth-order valence-corrected chi connectivity index (χ4v) is 5.54. The van der Waals surface area contributed by atoms with Crippen molar-refractivity contribution >= 4 is 22.7 Å². The van der Waals surface area contributed by atoms with Gasteiger partial charge in [0.25, 0.3) is 0 Å². The summed E-state index contributed by atoms with van der Waals surface area (Å²) in [5.41, 5.74) is 6.00. The number of amides is 1. The van der Waals surface area contributed by atoms with Gasteiger partial charge in [-0.1, -0.05) is 23.8 Å². The molecule has 7 heteroatoms. The lowest BCUT2D eigenvalue weighted by molar-refractivity contribution is 0.0819. The Labute approximate surface area is 220 Å². The van der Waals surface area contributed by atoms with Gasteiger partial charge in [0, 0.05) is 80.2 Å². The maximum absolute atomic E-state index is 12.4. The number of alkyl carbamates (subject to hydrolysis) is 1. The van der Waals surface area contributed by atoms with E-state index in [0.717, 1.165) is 64.3 Å². The fourth-order valence-electron chi connectivity index (χ4n) is 5.54. The monoisotopic (exact) mass is 503 g/mol. The zero-order chi connectivity index (χ0) is 25.8. The molecule has 7 nitrogen and oxygen atoms in total. The minimum Gasteiger partial charge on any atom is -0.448 e. The molecule has 37 heavy (non-hydrogen) atoms. The molecule has 198 valence electrons. The normalized spacial score (nSPS) is 18.0. The summed E-state index contributed by atoms with van der Waals surface area (Å²) < 4.78 is 5.51. The van der Waals surface area contributed by atoms with Crippen LogP contribution in [0.2, 0.25) is 0 Å². The van der Waals surface area contributed by atoms with Crippen LogP contribution in [0.1, 0.15) is 32.3 Å². The third-order valence-corrected chi connectivity index (χ3v) is 7.89. The fraction of sp³-hybridized carbons (Fsp3) is 0.500. The molecule has 2 fully saturated rings. The van der Waals surface area contributed by atoms with Crippen molar-refractivity contribution < 1.29 is 9.53 Å². The number of piperidine rings is 1. The maximum atomic E-state index is 12.4. The second-order valence-electron chi connectivity index (χ2n) is 10.8. The Balaban J connectivity index is 1.06. The molecule has 1 aromatic heterocycles. The number of aromatic amines is 1.